The van der Waals surface area contributed by atoms with Gasteiger partial charge in [0, 0.05) is 21.9 Å². The Kier molecular flexibility index (Phi) is 3.66. The molecule has 0 spiro atoms. The Morgan fingerprint density at radius 1 is 0.947 bits per heavy atom. The van der Waals surface area contributed by atoms with Gasteiger partial charge >= 0.3 is 0 Å². The number of Topliss-reactive ketones (excluding diaryl/α,β-unsaturated/α-hetero) is 1. The molecule has 0 saturated heterocycles. The lowest BCUT2D eigenvalue weighted by Gasteiger charge is -2.15. The molecule has 19 heavy (non-hydrogen) atoms. The van der Waals surface area contributed by atoms with Crippen LogP contribution in [0, 0.1) is 0 Å². The van der Waals surface area contributed by atoms with E-state index in [0.717, 1.165) is 41.8 Å². The molecule has 1 saturated carbocycles. The molecule has 0 N–H and O–H groups in total. The Labute approximate surface area is 119 Å². The van der Waals surface area contributed by atoms with Crippen molar-refractivity contribution in [1.29, 1.82) is 0 Å². The second kappa shape index (κ2) is 5.59. The predicted molar refractivity (Wildman–Crippen MR) is 79.0 cm³/mol. The van der Waals surface area contributed by atoms with E-state index in [0.29, 0.717) is 0 Å². The van der Waals surface area contributed by atoms with Crippen LogP contribution in [0.25, 0.3) is 12.2 Å². The molecule has 3 rings (SSSR count). The highest BCUT2D eigenvalue weighted by atomic mass is 32.1. The van der Waals surface area contributed by atoms with Crippen molar-refractivity contribution in [2.45, 2.75) is 19.3 Å². The molecule has 0 atom stereocenters. The van der Waals surface area contributed by atoms with Crippen LogP contribution in [0.5, 0.6) is 0 Å². The molecule has 0 aromatic carbocycles. The van der Waals surface area contributed by atoms with Gasteiger partial charge < -0.3 is 0 Å². The van der Waals surface area contributed by atoms with Crippen LogP contribution in [-0.2, 0) is 4.79 Å². The number of carbonyl (C=O) groups is 1. The second-order valence-electron chi connectivity index (χ2n) is 4.35. The number of rotatable bonds is 2. The topological polar surface area (TPSA) is 42.9 Å². The Morgan fingerprint density at radius 3 is 1.89 bits per heavy atom. The number of ketones is 1. The molecule has 1 aliphatic carbocycles. The van der Waals surface area contributed by atoms with Gasteiger partial charge in [0.2, 0.25) is 0 Å². The summed E-state index contributed by atoms with van der Waals surface area (Å²) in [7, 11) is 0. The monoisotopic (exact) mass is 288 g/mol. The number of allylic oxidation sites excluding steroid dienone is 2. The van der Waals surface area contributed by atoms with E-state index in [1.165, 1.54) is 0 Å². The quantitative estimate of drug-likeness (QED) is 0.789. The lowest BCUT2D eigenvalue weighted by Crippen LogP contribution is -2.12. The minimum atomic E-state index is 0.146. The third-order valence-corrected chi connectivity index (χ3v) is 4.23. The predicted octanol–water partition coefficient (Wildman–Crippen LogP) is 3.82. The average molecular weight is 288 g/mol. The molecule has 96 valence electrons. The van der Waals surface area contributed by atoms with Crippen molar-refractivity contribution in [1.82, 2.24) is 9.97 Å². The van der Waals surface area contributed by atoms with Crippen LogP contribution in [0.2, 0.25) is 0 Å². The van der Waals surface area contributed by atoms with Gasteiger partial charge in [0.15, 0.2) is 5.78 Å². The molecule has 5 heteroatoms. The Bertz CT molecular complexity index is 570. The summed E-state index contributed by atoms with van der Waals surface area (Å²) in [6.07, 6.45) is 6.51. The van der Waals surface area contributed by atoms with Crippen molar-refractivity contribution in [3.8, 4) is 0 Å². The van der Waals surface area contributed by atoms with Crippen molar-refractivity contribution in [3.05, 3.63) is 44.3 Å². The maximum absolute atomic E-state index is 12.4. The fraction of sp³-hybridized carbons (Fsp3) is 0.214. The summed E-state index contributed by atoms with van der Waals surface area (Å²) in [6, 6.07) is 0. The molecule has 3 nitrogen and oxygen atoms in total. The zero-order valence-electron chi connectivity index (χ0n) is 10.2. The van der Waals surface area contributed by atoms with Crippen LogP contribution in [0.4, 0.5) is 0 Å². The van der Waals surface area contributed by atoms with E-state index >= 15 is 0 Å². The van der Waals surface area contributed by atoms with E-state index in [1.807, 2.05) is 22.9 Å². The van der Waals surface area contributed by atoms with E-state index in [4.69, 9.17) is 0 Å². The van der Waals surface area contributed by atoms with Gasteiger partial charge in [0.25, 0.3) is 0 Å². The largest absolute Gasteiger partial charge is 0.289 e. The smallest absolute Gasteiger partial charge is 0.185 e. The number of carbonyl (C=O) groups excluding carboxylic acids is 1. The van der Waals surface area contributed by atoms with Crippen LogP contribution in [0.1, 0.15) is 30.7 Å². The fourth-order valence-corrected chi connectivity index (χ4v) is 3.14. The molecule has 0 radical (unpaired) electrons. The van der Waals surface area contributed by atoms with Gasteiger partial charge in [-0.05, 0) is 31.4 Å². The summed E-state index contributed by atoms with van der Waals surface area (Å²) in [5, 5.41) is 3.91. The van der Waals surface area contributed by atoms with Crippen LogP contribution in [-0.4, -0.2) is 15.8 Å². The van der Waals surface area contributed by atoms with Gasteiger partial charge in [0.1, 0.15) is 0 Å². The van der Waals surface area contributed by atoms with Crippen molar-refractivity contribution in [2.75, 3.05) is 0 Å². The minimum Gasteiger partial charge on any atom is -0.289 e. The lowest BCUT2D eigenvalue weighted by molar-refractivity contribution is -0.112. The van der Waals surface area contributed by atoms with Crippen LogP contribution >= 0.6 is 22.7 Å². The molecule has 0 aliphatic heterocycles. The lowest BCUT2D eigenvalue weighted by atomic mass is 9.88. The summed E-state index contributed by atoms with van der Waals surface area (Å²) < 4.78 is 0. The van der Waals surface area contributed by atoms with Gasteiger partial charge in [-0.1, -0.05) is 0 Å². The number of hydrogen-bond acceptors (Lipinski definition) is 5. The first-order valence-electron chi connectivity index (χ1n) is 6.05. The fourth-order valence-electron chi connectivity index (χ4n) is 2.12. The van der Waals surface area contributed by atoms with E-state index in [2.05, 4.69) is 9.97 Å². The Balaban J connectivity index is 1.87. The Morgan fingerprint density at radius 2 is 1.47 bits per heavy atom. The molecule has 0 amide bonds. The molecule has 2 aromatic heterocycles. The highest BCUT2D eigenvalue weighted by Gasteiger charge is 2.20. The summed E-state index contributed by atoms with van der Waals surface area (Å²) in [4.78, 5) is 20.8. The maximum Gasteiger partial charge on any atom is 0.185 e. The zero-order valence-corrected chi connectivity index (χ0v) is 11.8. The van der Waals surface area contributed by atoms with E-state index < -0.39 is 0 Å². The molecular formula is C14H12N2OS2. The van der Waals surface area contributed by atoms with E-state index in [-0.39, 0.29) is 5.78 Å². The van der Waals surface area contributed by atoms with Gasteiger partial charge in [-0.15, -0.1) is 22.7 Å². The molecule has 2 aromatic rings. The normalized spacial score (nSPS) is 20.3. The molecule has 1 fully saturated rings. The van der Waals surface area contributed by atoms with Crippen LogP contribution < -0.4 is 0 Å². The number of hydrogen-bond donors (Lipinski definition) is 0. The SMILES string of the molecule is O=C1/C(=C/c2cscn2)CCC/C1=C\c1cscn1. The summed E-state index contributed by atoms with van der Waals surface area (Å²) >= 11 is 3.09. The van der Waals surface area contributed by atoms with Crippen LogP contribution in [0.15, 0.2) is 32.9 Å². The van der Waals surface area contributed by atoms with Gasteiger partial charge in [-0.2, -0.15) is 0 Å². The summed E-state index contributed by atoms with van der Waals surface area (Å²) in [5.74, 6) is 0.146. The molecular weight excluding hydrogens is 276 g/mol. The molecule has 0 unspecified atom stereocenters. The number of nitrogens with zero attached hydrogens (tertiary/aromatic N) is 2. The van der Waals surface area contributed by atoms with Gasteiger partial charge in [-0.25, -0.2) is 9.97 Å². The van der Waals surface area contributed by atoms with E-state index in [1.54, 1.807) is 33.7 Å². The molecule has 1 aliphatic rings. The van der Waals surface area contributed by atoms with Gasteiger partial charge in [0.05, 0.1) is 22.4 Å². The first-order chi connectivity index (χ1) is 9.33. The van der Waals surface area contributed by atoms with Crippen molar-refractivity contribution in [2.24, 2.45) is 0 Å². The summed E-state index contributed by atoms with van der Waals surface area (Å²) in [5.41, 5.74) is 7.04. The standard InChI is InChI=1S/C14H12N2OS2/c17-14-10(4-12-6-18-8-15-12)2-1-3-11(14)5-13-7-19-9-16-13/h4-9H,1-3H2/b10-4+,11-5+. The highest BCUT2D eigenvalue weighted by Crippen LogP contribution is 2.27. The summed E-state index contributed by atoms with van der Waals surface area (Å²) in [6.45, 7) is 0. The van der Waals surface area contributed by atoms with Crippen molar-refractivity contribution >= 4 is 40.6 Å². The first kappa shape index (κ1) is 12.4. The number of aromatic nitrogens is 2. The Hall–Kier alpha value is -1.59. The zero-order chi connectivity index (χ0) is 13.1. The van der Waals surface area contributed by atoms with E-state index in [9.17, 15) is 4.79 Å². The van der Waals surface area contributed by atoms with Gasteiger partial charge in [-0.3, -0.25) is 4.79 Å². The maximum atomic E-state index is 12.4. The van der Waals surface area contributed by atoms with Crippen molar-refractivity contribution < 1.29 is 4.79 Å². The van der Waals surface area contributed by atoms with Crippen molar-refractivity contribution in [3.63, 3.8) is 0 Å². The second-order valence-corrected chi connectivity index (χ2v) is 5.79. The molecule has 2 heterocycles. The average Bonchev–Trinajstić information content (AvgIpc) is 3.07. The van der Waals surface area contributed by atoms with Crippen LogP contribution in [0.3, 0.4) is 0 Å². The first-order valence-corrected chi connectivity index (χ1v) is 7.94. The minimum absolute atomic E-state index is 0.146. The third kappa shape index (κ3) is 2.88. The number of thiazole rings is 2. The highest BCUT2D eigenvalue weighted by molar-refractivity contribution is 7.07. The third-order valence-electron chi connectivity index (χ3n) is 3.02. The molecule has 0 bridgehead atoms.